The van der Waals surface area contributed by atoms with Gasteiger partial charge in [-0.2, -0.15) is 0 Å². The second-order valence-electron chi connectivity index (χ2n) is 6.55. The number of benzene rings is 2. The Balaban J connectivity index is 1.73. The molecule has 0 heterocycles. The van der Waals surface area contributed by atoms with Gasteiger partial charge in [0, 0.05) is 0 Å². The monoisotopic (exact) mass is 324 g/mol. The van der Waals surface area contributed by atoms with Crippen LogP contribution in [0.25, 0.3) is 11.1 Å². The average Bonchev–Trinajstić information content (AvgIpc) is 2.64. The Hall–Kier alpha value is -2.09. The van der Waals surface area contributed by atoms with Crippen LogP contribution >= 0.6 is 0 Å². The topological polar surface area (TPSA) is 9.23 Å². The minimum Gasteiger partial charge on any atom is -0.491 e. The summed E-state index contributed by atoms with van der Waals surface area (Å²) in [7, 11) is 0. The molecule has 1 aliphatic carbocycles. The molecule has 2 aromatic rings. The van der Waals surface area contributed by atoms with Crippen molar-refractivity contribution in [2.75, 3.05) is 6.61 Å². The summed E-state index contributed by atoms with van der Waals surface area (Å²) in [5.74, 6) is 1.35. The first-order chi connectivity index (χ1) is 11.7. The highest BCUT2D eigenvalue weighted by Crippen LogP contribution is 2.37. The maximum absolute atomic E-state index is 14.0. The predicted molar refractivity (Wildman–Crippen MR) is 97.9 cm³/mol. The fourth-order valence-corrected chi connectivity index (χ4v) is 3.59. The molecule has 1 saturated carbocycles. The molecule has 2 aromatic carbocycles. The number of ether oxygens (including phenoxy) is 1. The lowest BCUT2D eigenvalue weighted by molar-refractivity contribution is 0.321. The van der Waals surface area contributed by atoms with Crippen molar-refractivity contribution in [3.8, 4) is 16.9 Å². The van der Waals surface area contributed by atoms with Gasteiger partial charge in [-0.15, -0.1) is 6.58 Å². The molecule has 2 heteroatoms. The molecule has 0 unspecified atom stereocenters. The van der Waals surface area contributed by atoms with E-state index in [-0.39, 0.29) is 5.82 Å². The third-order valence-corrected chi connectivity index (χ3v) is 5.05. The van der Waals surface area contributed by atoms with E-state index >= 15 is 0 Å². The van der Waals surface area contributed by atoms with Crippen molar-refractivity contribution in [1.29, 1.82) is 0 Å². The van der Waals surface area contributed by atoms with Crippen LogP contribution in [0.2, 0.25) is 0 Å². The molecule has 0 radical (unpaired) electrons. The molecule has 0 amide bonds. The van der Waals surface area contributed by atoms with Gasteiger partial charge >= 0.3 is 0 Å². The summed E-state index contributed by atoms with van der Waals surface area (Å²) in [5, 5.41) is 0. The zero-order valence-corrected chi connectivity index (χ0v) is 14.3. The van der Waals surface area contributed by atoms with Crippen LogP contribution in [-0.4, -0.2) is 6.61 Å². The second kappa shape index (κ2) is 7.65. The van der Waals surface area contributed by atoms with E-state index in [0.717, 1.165) is 11.1 Å². The molecular formula is C22H25FO. The molecule has 0 saturated heterocycles. The lowest BCUT2D eigenvalue weighted by Crippen LogP contribution is -2.11. The summed E-state index contributed by atoms with van der Waals surface area (Å²) in [6.45, 7) is 6.24. The van der Waals surface area contributed by atoms with Gasteiger partial charge in [0.1, 0.15) is 0 Å². The van der Waals surface area contributed by atoms with E-state index in [9.17, 15) is 4.39 Å². The quantitative estimate of drug-likeness (QED) is 0.582. The van der Waals surface area contributed by atoms with Crippen molar-refractivity contribution < 1.29 is 9.13 Å². The van der Waals surface area contributed by atoms with Crippen molar-refractivity contribution in [1.82, 2.24) is 0 Å². The van der Waals surface area contributed by atoms with Crippen LogP contribution in [0.1, 0.15) is 44.1 Å². The SMILES string of the molecule is C=CC1CCC(c2ccc(-c3ccc(OCC)c(F)c3)cc2)CC1. The smallest absolute Gasteiger partial charge is 0.165 e. The summed E-state index contributed by atoms with van der Waals surface area (Å²) < 4.78 is 19.3. The Labute approximate surface area is 144 Å². The molecule has 3 rings (SSSR count). The molecule has 0 atom stereocenters. The fourth-order valence-electron chi connectivity index (χ4n) is 3.59. The van der Waals surface area contributed by atoms with Crippen molar-refractivity contribution in [3.63, 3.8) is 0 Å². The van der Waals surface area contributed by atoms with Gasteiger partial charge in [-0.05, 0) is 73.3 Å². The molecule has 0 aromatic heterocycles. The van der Waals surface area contributed by atoms with Gasteiger partial charge < -0.3 is 4.74 Å². The molecule has 1 aliphatic rings. The second-order valence-corrected chi connectivity index (χ2v) is 6.55. The Kier molecular flexibility index (Phi) is 5.34. The highest BCUT2D eigenvalue weighted by molar-refractivity contribution is 5.64. The molecule has 0 bridgehead atoms. The molecule has 1 fully saturated rings. The van der Waals surface area contributed by atoms with Gasteiger partial charge in [-0.25, -0.2) is 4.39 Å². The van der Waals surface area contributed by atoms with E-state index < -0.39 is 0 Å². The van der Waals surface area contributed by atoms with Crippen molar-refractivity contribution in [2.24, 2.45) is 5.92 Å². The molecule has 126 valence electrons. The summed E-state index contributed by atoms with van der Waals surface area (Å²) >= 11 is 0. The normalized spacial score (nSPS) is 20.6. The maximum Gasteiger partial charge on any atom is 0.165 e. The predicted octanol–water partition coefficient (Wildman–Crippen LogP) is 6.35. The van der Waals surface area contributed by atoms with E-state index in [0.29, 0.717) is 24.2 Å². The summed E-state index contributed by atoms with van der Waals surface area (Å²) in [6, 6.07) is 13.8. The van der Waals surface area contributed by atoms with E-state index in [1.165, 1.54) is 31.2 Å². The van der Waals surface area contributed by atoms with Crippen LogP contribution in [0.5, 0.6) is 5.75 Å². The Morgan fingerprint density at radius 3 is 2.29 bits per heavy atom. The maximum atomic E-state index is 14.0. The largest absolute Gasteiger partial charge is 0.491 e. The summed E-state index contributed by atoms with van der Waals surface area (Å²) in [6.07, 6.45) is 7.03. The van der Waals surface area contributed by atoms with Gasteiger partial charge in [0.2, 0.25) is 0 Å². The van der Waals surface area contributed by atoms with Crippen LogP contribution in [0.15, 0.2) is 55.1 Å². The summed E-state index contributed by atoms with van der Waals surface area (Å²) in [4.78, 5) is 0. The van der Waals surface area contributed by atoms with E-state index in [1.54, 1.807) is 12.1 Å². The molecular weight excluding hydrogens is 299 g/mol. The van der Waals surface area contributed by atoms with E-state index in [4.69, 9.17) is 4.74 Å². The standard InChI is InChI=1S/C22H25FO/c1-3-16-5-7-17(8-6-16)18-9-11-19(12-10-18)20-13-14-22(24-4-2)21(23)15-20/h3,9-17H,1,4-8H2,2H3. The number of halogens is 1. The van der Waals surface area contributed by atoms with Crippen molar-refractivity contribution in [3.05, 3.63) is 66.5 Å². The minimum atomic E-state index is -0.304. The van der Waals surface area contributed by atoms with Crippen LogP contribution in [0.4, 0.5) is 4.39 Å². The highest BCUT2D eigenvalue weighted by atomic mass is 19.1. The third kappa shape index (κ3) is 3.69. The molecule has 0 spiro atoms. The number of hydrogen-bond acceptors (Lipinski definition) is 1. The zero-order valence-electron chi connectivity index (χ0n) is 14.3. The van der Waals surface area contributed by atoms with Crippen LogP contribution in [-0.2, 0) is 0 Å². The first-order valence-electron chi connectivity index (χ1n) is 8.86. The molecule has 0 aliphatic heterocycles. The lowest BCUT2D eigenvalue weighted by Gasteiger charge is -2.27. The summed E-state index contributed by atoms with van der Waals surface area (Å²) in [5.41, 5.74) is 3.33. The van der Waals surface area contributed by atoms with Crippen LogP contribution in [0, 0.1) is 11.7 Å². The Bertz CT molecular complexity index is 682. The van der Waals surface area contributed by atoms with Crippen molar-refractivity contribution in [2.45, 2.75) is 38.5 Å². The van der Waals surface area contributed by atoms with Gasteiger partial charge in [0.25, 0.3) is 0 Å². The molecule has 0 N–H and O–H groups in total. The average molecular weight is 324 g/mol. The van der Waals surface area contributed by atoms with E-state index in [1.807, 2.05) is 13.0 Å². The first-order valence-corrected chi connectivity index (χ1v) is 8.86. The van der Waals surface area contributed by atoms with Gasteiger partial charge in [0.05, 0.1) is 6.61 Å². The third-order valence-electron chi connectivity index (χ3n) is 5.05. The number of hydrogen-bond donors (Lipinski definition) is 0. The zero-order chi connectivity index (χ0) is 16.9. The Morgan fingerprint density at radius 2 is 1.71 bits per heavy atom. The number of allylic oxidation sites excluding steroid dienone is 1. The Morgan fingerprint density at radius 1 is 1.04 bits per heavy atom. The van der Waals surface area contributed by atoms with Crippen LogP contribution < -0.4 is 4.74 Å². The molecule has 24 heavy (non-hydrogen) atoms. The minimum absolute atomic E-state index is 0.304. The molecule has 1 nitrogen and oxygen atoms in total. The fraction of sp³-hybridized carbons (Fsp3) is 0.364. The first kappa shape index (κ1) is 16.8. The van der Waals surface area contributed by atoms with Gasteiger partial charge in [-0.3, -0.25) is 0 Å². The van der Waals surface area contributed by atoms with Gasteiger partial charge in [-0.1, -0.05) is 36.4 Å². The van der Waals surface area contributed by atoms with Crippen molar-refractivity contribution >= 4 is 0 Å². The van der Waals surface area contributed by atoms with Crippen LogP contribution in [0.3, 0.4) is 0 Å². The van der Waals surface area contributed by atoms with E-state index in [2.05, 4.69) is 36.9 Å². The highest BCUT2D eigenvalue weighted by Gasteiger charge is 2.20. The van der Waals surface area contributed by atoms with Gasteiger partial charge in [0.15, 0.2) is 11.6 Å². The lowest BCUT2D eigenvalue weighted by atomic mass is 9.78. The number of rotatable bonds is 5.